The molecule has 0 spiro atoms. The zero-order chi connectivity index (χ0) is 13.6. The summed E-state index contributed by atoms with van der Waals surface area (Å²) < 4.78 is 0. The maximum atomic E-state index is 9.04. The number of hydrogen-bond donors (Lipinski definition) is 2. The molecule has 0 aliphatic heterocycles. The van der Waals surface area contributed by atoms with Crippen molar-refractivity contribution in [3.05, 3.63) is 0 Å². The highest BCUT2D eigenvalue weighted by molar-refractivity contribution is 4.88. The van der Waals surface area contributed by atoms with Gasteiger partial charge < -0.3 is 10.4 Å². The predicted molar refractivity (Wildman–Crippen MR) is 77.8 cm³/mol. The van der Waals surface area contributed by atoms with Gasteiger partial charge >= 0.3 is 0 Å². The lowest BCUT2D eigenvalue weighted by atomic mass is 9.82. The lowest BCUT2D eigenvalue weighted by Crippen LogP contribution is -2.51. The minimum absolute atomic E-state index is 0.279. The number of nitrogens with zero attached hydrogens (tertiary/aromatic N) is 1. The fourth-order valence-corrected chi connectivity index (χ4v) is 2.66. The molecule has 0 aromatic heterocycles. The van der Waals surface area contributed by atoms with Crippen molar-refractivity contribution in [2.75, 3.05) is 26.2 Å². The van der Waals surface area contributed by atoms with E-state index in [1.54, 1.807) is 0 Å². The van der Waals surface area contributed by atoms with E-state index in [1.807, 2.05) is 0 Å². The molecule has 3 heteroatoms. The van der Waals surface area contributed by atoms with Crippen molar-refractivity contribution in [2.45, 2.75) is 65.5 Å². The summed E-state index contributed by atoms with van der Waals surface area (Å²) in [5, 5.41) is 12.6. The standard InChI is InChI=1S/C15H32N2O/c1-5-16-13(2)15(3,4)12-17(10-7-11-18)14-8-6-9-14/h13-14,16,18H,5-12H2,1-4H3. The molecule has 0 bridgehead atoms. The number of hydrogen-bond acceptors (Lipinski definition) is 3. The molecule has 3 nitrogen and oxygen atoms in total. The van der Waals surface area contributed by atoms with Gasteiger partial charge in [-0.15, -0.1) is 0 Å². The highest BCUT2D eigenvalue weighted by Gasteiger charge is 2.32. The van der Waals surface area contributed by atoms with Crippen molar-refractivity contribution < 1.29 is 5.11 Å². The molecule has 2 N–H and O–H groups in total. The molecule has 0 amide bonds. The van der Waals surface area contributed by atoms with Gasteiger partial charge in [0.1, 0.15) is 0 Å². The number of aliphatic hydroxyl groups is 1. The molecule has 0 radical (unpaired) electrons. The van der Waals surface area contributed by atoms with Gasteiger partial charge in [-0.1, -0.05) is 27.2 Å². The van der Waals surface area contributed by atoms with E-state index < -0.39 is 0 Å². The van der Waals surface area contributed by atoms with E-state index in [0.717, 1.165) is 32.1 Å². The molecule has 1 unspecified atom stereocenters. The Morgan fingerprint density at radius 2 is 2.06 bits per heavy atom. The topological polar surface area (TPSA) is 35.5 Å². The largest absolute Gasteiger partial charge is 0.396 e. The number of nitrogens with one attached hydrogen (secondary N) is 1. The SMILES string of the molecule is CCNC(C)C(C)(C)CN(CCCO)C1CCC1. The molecule has 0 heterocycles. The first-order valence-electron chi connectivity index (χ1n) is 7.59. The first-order valence-corrected chi connectivity index (χ1v) is 7.59. The average Bonchev–Trinajstić information content (AvgIpc) is 2.23. The smallest absolute Gasteiger partial charge is 0.0443 e. The van der Waals surface area contributed by atoms with Crippen LogP contribution in [-0.2, 0) is 0 Å². The summed E-state index contributed by atoms with van der Waals surface area (Å²) >= 11 is 0. The van der Waals surface area contributed by atoms with Crippen molar-refractivity contribution in [3.8, 4) is 0 Å². The van der Waals surface area contributed by atoms with E-state index in [9.17, 15) is 0 Å². The molecule has 1 atom stereocenters. The Morgan fingerprint density at radius 1 is 1.39 bits per heavy atom. The number of aliphatic hydroxyl groups excluding tert-OH is 1. The molecule has 0 aromatic carbocycles. The van der Waals surface area contributed by atoms with Gasteiger partial charge in [0.2, 0.25) is 0 Å². The van der Waals surface area contributed by atoms with Crippen LogP contribution in [0.5, 0.6) is 0 Å². The first-order chi connectivity index (χ1) is 8.51. The lowest BCUT2D eigenvalue weighted by molar-refractivity contribution is 0.0621. The Balaban J connectivity index is 2.51. The third-order valence-corrected chi connectivity index (χ3v) is 4.49. The van der Waals surface area contributed by atoms with Crippen molar-refractivity contribution in [2.24, 2.45) is 5.41 Å². The van der Waals surface area contributed by atoms with Crippen LogP contribution >= 0.6 is 0 Å². The third kappa shape index (κ3) is 4.52. The van der Waals surface area contributed by atoms with Gasteiger partial charge in [0.15, 0.2) is 0 Å². The predicted octanol–water partition coefficient (Wildman–Crippen LogP) is 2.25. The lowest BCUT2D eigenvalue weighted by Gasteiger charge is -2.44. The summed E-state index contributed by atoms with van der Waals surface area (Å²) in [7, 11) is 0. The van der Waals surface area contributed by atoms with Crippen LogP contribution in [0.25, 0.3) is 0 Å². The van der Waals surface area contributed by atoms with Crippen molar-refractivity contribution in [1.82, 2.24) is 10.2 Å². The minimum Gasteiger partial charge on any atom is -0.396 e. The Morgan fingerprint density at radius 3 is 2.50 bits per heavy atom. The van der Waals surface area contributed by atoms with E-state index >= 15 is 0 Å². The van der Waals surface area contributed by atoms with Crippen LogP contribution in [0.2, 0.25) is 0 Å². The summed E-state index contributed by atoms with van der Waals surface area (Å²) in [5.74, 6) is 0. The summed E-state index contributed by atoms with van der Waals surface area (Å²) in [6.07, 6.45) is 4.97. The number of rotatable bonds is 9. The molecule has 0 aromatic rings. The van der Waals surface area contributed by atoms with Crippen LogP contribution in [-0.4, -0.2) is 48.3 Å². The van der Waals surface area contributed by atoms with Gasteiger partial charge in [0, 0.05) is 31.8 Å². The van der Waals surface area contributed by atoms with Gasteiger partial charge in [-0.05, 0) is 38.1 Å². The van der Waals surface area contributed by atoms with Crippen molar-refractivity contribution >= 4 is 0 Å². The summed E-state index contributed by atoms with van der Waals surface area (Å²) in [4.78, 5) is 2.60. The highest BCUT2D eigenvalue weighted by Crippen LogP contribution is 2.30. The third-order valence-electron chi connectivity index (χ3n) is 4.49. The van der Waals surface area contributed by atoms with E-state index in [-0.39, 0.29) is 5.41 Å². The monoisotopic (exact) mass is 256 g/mol. The summed E-state index contributed by atoms with van der Waals surface area (Å²) in [5.41, 5.74) is 0.279. The van der Waals surface area contributed by atoms with Crippen LogP contribution in [0, 0.1) is 5.41 Å². The van der Waals surface area contributed by atoms with Crippen LogP contribution in [0.3, 0.4) is 0 Å². The Kier molecular flexibility index (Phi) is 6.61. The molecular weight excluding hydrogens is 224 g/mol. The molecule has 1 fully saturated rings. The molecule has 1 aliphatic carbocycles. The second-order valence-corrected chi connectivity index (χ2v) is 6.40. The van der Waals surface area contributed by atoms with Crippen LogP contribution < -0.4 is 5.32 Å². The van der Waals surface area contributed by atoms with Gasteiger partial charge in [-0.2, -0.15) is 0 Å². The van der Waals surface area contributed by atoms with E-state index in [1.165, 1.54) is 19.3 Å². The van der Waals surface area contributed by atoms with Gasteiger partial charge in [0.25, 0.3) is 0 Å². The molecule has 1 saturated carbocycles. The fraction of sp³-hybridized carbons (Fsp3) is 1.00. The average molecular weight is 256 g/mol. The van der Waals surface area contributed by atoms with Gasteiger partial charge in [-0.25, -0.2) is 0 Å². The Labute approximate surface area is 113 Å². The minimum atomic E-state index is 0.279. The van der Waals surface area contributed by atoms with Crippen molar-refractivity contribution in [3.63, 3.8) is 0 Å². The molecular formula is C15H32N2O. The first kappa shape index (κ1) is 15.9. The fourth-order valence-electron chi connectivity index (χ4n) is 2.66. The van der Waals surface area contributed by atoms with Crippen LogP contribution in [0.1, 0.15) is 53.4 Å². The quantitative estimate of drug-likeness (QED) is 0.664. The maximum absolute atomic E-state index is 9.04. The Bertz CT molecular complexity index is 227. The normalized spacial score (nSPS) is 19.0. The highest BCUT2D eigenvalue weighted by atomic mass is 16.3. The second-order valence-electron chi connectivity index (χ2n) is 6.40. The zero-order valence-electron chi connectivity index (χ0n) is 12.7. The van der Waals surface area contributed by atoms with Crippen LogP contribution in [0.15, 0.2) is 0 Å². The van der Waals surface area contributed by atoms with Gasteiger partial charge in [0.05, 0.1) is 0 Å². The summed E-state index contributed by atoms with van der Waals surface area (Å²) in [6.45, 7) is 12.7. The molecule has 108 valence electrons. The molecule has 1 aliphatic rings. The molecule has 1 rings (SSSR count). The van der Waals surface area contributed by atoms with Crippen LogP contribution in [0.4, 0.5) is 0 Å². The Hall–Kier alpha value is -0.120. The second kappa shape index (κ2) is 7.46. The van der Waals surface area contributed by atoms with Crippen molar-refractivity contribution in [1.29, 1.82) is 0 Å². The van der Waals surface area contributed by atoms with E-state index in [2.05, 4.69) is 37.9 Å². The van der Waals surface area contributed by atoms with Gasteiger partial charge in [-0.3, -0.25) is 4.90 Å². The van der Waals surface area contributed by atoms with E-state index in [4.69, 9.17) is 5.11 Å². The zero-order valence-corrected chi connectivity index (χ0v) is 12.7. The molecule has 0 saturated heterocycles. The van der Waals surface area contributed by atoms with E-state index in [0.29, 0.717) is 12.6 Å². The molecule has 18 heavy (non-hydrogen) atoms. The maximum Gasteiger partial charge on any atom is 0.0443 e. The summed E-state index contributed by atoms with van der Waals surface area (Å²) in [6, 6.07) is 1.30.